The van der Waals surface area contributed by atoms with Crippen LogP contribution in [0.1, 0.15) is 57.8 Å². The van der Waals surface area contributed by atoms with Gasteiger partial charge in [-0.1, -0.05) is 25.7 Å². The van der Waals surface area contributed by atoms with E-state index in [0.29, 0.717) is 13.0 Å². The summed E-state index contributed by atoms with van der Waals surface area (Å²) in [6, 6.07) is 0. The Labute approximate surface area is 116 Å². The predicted octanol–water partition coefficient (Wildman–Crippen LogP) is 2.04. The lowest BCUT2D eigenvalue weighted by Crippen LogP contribution is -2.31. The van der Waals surface area contributed by atoms with Crippen LogP contribution in [0.25, 0.3) is 0 Å². The Balaban J connectivity index is 1.64. The van der Waals surface area contributed by atoms with Gasteiger partial charge in [-0.05, 0) is 32.1 Å². The minimum absolute atomic E-state index is 0.113. The van der Waals surface area contributed by atoms with Crippen LogP contribution in [0.15, 0.2) is 0 Å². The second-order valence-corrected chi connectivity index (χ2v) is 8.30. The smallest absolute Gasteiger partial charge is 0.223 e. The van der Waals surface area contributed by atoms with Gasteiger partial charge in [-0.15, -0.1) is 0 Å². The predicted molar refractivity (Wildman–Crippen MR) is 75.6 cm³/mol. The lowest BCUT2D eigenvalue weighted by molar-refractivity contribution is -0.124. The molecule has 0 saturated heterocycles. The largest absolute Gasteiger partial charge is 0.356 e. The van der Waals surface area contributed by atoms with Crippen LogP contribution in [0.5, 0.6) is 0 Å². The number of sulfone groups is 1. The van der Waals surface area contributed by atoms with Crippen LogP contribution in [-0.2, 0) is 14.6 Å². The van der Waals surface area contributed by atoms with Crippen molar-refractivity contribution in [2.24, 2.45) is 5.92 Å². The highest BCUT2D eigenvalue weighted by molar-refractivity contribution is 7.92. The summed E-state index contributed by atoms with van der Waals surface area (Å²) >= 11 is 0. The first-order chi connectivity index (χ1) is 9.09. The Morgan fingerprint density at radius 3 is 2.21 bits per heavy atom. The fourth-order valence-corrected chi connectivity index (χ4v) is 5.16. The molecule has 2 fully saturated rings. The molecule has 0 aromatic heterocycles. The highest BCUT2D eigenvalue weighted by atomic mass is 32.2. The molecule has 0 aromatic carbocycles. The highest BCUT2D eigenvalue weighted by Crippen LogP contribution is 2.26. The van der Waals surface area contributed by atoms with Crippen LogP contribution in [0.2, 0.25) is 0 Å². The molecule has 0 bridgehead atoms. The summed E-state index contributed by atoms with van der Waals surface area (Å²) in [5.41, 5.74) is 0. The second kappa shape index (κ2) is 6.73. The summed E-state index contributed by atoms with van der Waals surface area (Å²) in [5.74, 6) is 0.519. The van der Waals surface area contributed by atoms with E-state index in [1.807, 2.05) is 0 Å². The maximum absolute atomic E-state index is 12.0. The molecule has 2 saturated carbocycles. The number of rotatable bonds is 6. The van der Waals surface area contributed by atoms with Crippen molar-refractivity contribution in [3.8, 4) is 0 Å². The average molecular weight is 287 g/mol. The van der Waals surface area contributed by atoms with E-state index in [1.165, 1.54) is 0 Å². The number of carbonyl (C=O) groups is 1. The summed E-state index contributed by atoms with van der Waals surface area (Å²) < 4.78 is 24.0. The molecule has 1 amide bonds. The van der Waals surface area contributed by atoms with Crippen molar-refractivity contribution in [1.82, 2.24) is 5.32 Å². The molecule has 2 aliphatic carbocycles. The number of nitrogens with one attached hydrogen (secondary N) is 1. The Bertz CT molecular complexity index is 393. The van der Waals surface area contributed by atoms with Crippen LogP contribution in [0, 0.1) is 5.92 Å². The first kappa shape index (κ1) is 14.8. The van der Waals surface area contributed by atoms with E-state index >= 15 is 0 Å². The van der Waals surface area contributed by atoms with Gasteiger partial charge < -0.3 is 5.32 Å². The first-order valence-corrected chi connectivity index (χ1v) is 9.30. The summed E-state index contributed by atoms with van der Waals surface area (Å²) in [7, 11) is -2.93. The van der Waals surface area contributed by atoms with Crippen molar-refractivity contribution in [3.05, 3.63) is 0 Å². The van der Waals surface area contributed by atoms with Crippen molar-refractivity contribution in [2.75, 3.05) is 12.3 Å². The van der Waals surface area contributed by atoms with E-state index in [2.05, 4.69) is 5.32 Å². The molecule has 5 heteroatoms. The monoisotopic (exact) mass is 287 g/mol. The number of hydrogen-bond acceptors (Lipinski definition) is 3. The third-order valence-corrected chi connectivity index (χ3v) is 6.79. The van der Waals surface area contributed by atoms with E-state index in [9.17, 15) is 13.2 Å². The van der Waals surface area contributed by atoms with E-state index in [4.69, 9.17) is 0 Å². The van der Waals surface area contributed by atoms with Gasteiger partial charge >= 0.3 is 0 Å². The van der Waals surface area contributed by atoms with E-state index < -0.39 is 9.84 Å². The molecule has 19 heavy (non-hydrogen) atoms. The van der Waals surface area contributed by atoms with E-state index in [0.717, 1.165) is 51.4 Å². The Morgan fingerprint density at radius 2 is 1.58 bits per heavy atom. The second-order valence-electron chi connectivity index (χ2n) is 5.90. The fraction of sp³-hybridized carbons (Fsp3) is 0.929. The van der Waals surface area contributed by atoms with Crippen LogP contribution < -0.4 is 5.32 Å². The molecule has 1 N–H and O–H groups in total. The topological polar surface area (TPSA) is 63.2 Å². The zero-order valence-corrected chi connectivity index (χ0v) is 12.4. The standard InChI is InChI=1S/C14H25NO3S/c16-14(12-6-1-2-7-12)15-10-5-11-19(17,18)13-8-3-4-9-13/h12-13H,1-11H2,(H,15,16). The molecule has 0 heterocycles. The van der Waals surface area contributed by atoms with Gasteiger partial charge in [0, 0.05) is 12.5 Å². The zero-order chi connectivity index (χ0) is 13.7. The fourth-order valence-electron chi connectivity index (χ4n) is 3.23. The van der Waals surface area contributed by atoms with Gasteiger partial charge in [0.2, 0.25) is 5.91 Å². The summed E-state index contributed by atoms with van der Waals surface area (Å²) in [6.45, 7) is 0.501. The van der Waals surface area contributed by atoms with Gasteiger partial charge in [-0.25, -0.2) is 8.42 Å². The molecule has 2 aliphatic rings. The van der Waals surface area contributed by atoms with Gasteiger partial charge in [0.25, 0.3) is 0 Å². The SMILES string of the molecule is O=C(NCCCS(=O)(=O)C1CCCC1)C1CCCC1. The van der Waals surface area contributed by atoms with Crippen molar-refractivity contribution in [3.63, 3.8) is 0 Å². The maximum Gasteiger partial charge on any atom is 0.223 e. The van der Waals surface area contributed by atoms with E-state index in [-0.39, 0.29) is 22.8 Å². The molecule has 4 nitrogen and oxygen atoms in total. The molecular formula is C14H25NO3S. The van der Waals surface area contributed by atoms with Crippen molar-refractivity contribution in [1.29, 1.82) is 0 Å². The van der Waals surface area contributed by atoms with Gasteiger partial charge in [-0.2, -0.15) is 0 Å². The maximum atomic E-state index is 12.0. The molecular weight excluding hydrogens is 262 g/mol. The Morgan fingerprint density at radius 1 is 1.00 bits per heavy atom. The average Bonchev–Trinajstić information content (AvgIpc) is 3.04. The third kappa shape index (κ3) is 4.20. The quantitative estimate of drug-likeness (QED) is 0.760. The summed E-state index contributed by atoms with van der Waals surface area (Å²) in [5, 5.41) is 2.77. The van der Waals surface area contributed by atoms with Gasteiger partial charge in [0.1, 0.15) is 0 Å². The van der Waals surface area contributed by atoms with E-state index in [1.54, 1.807) is 0 Å². The van der Waals surface area contributed by atoms with Crippen molar-refractivity contribution >= 4 is 15.7 Å². The molecule has 110 valence electrons. The number of carbonyl (C=O) groups excluding carboxylic acids is 1. The third-order valence-electron chi connectivity index (χ3n) is 4.44. The summed E-state index contributed by atoms with van der Waals surface area (Å²) in [6.07, 6.45) is 8.58. The Hall–Kier alpha value is -0.580. The first-order valence-electron chi connectivity index (χ1n) is 7.59. The molecule has 2 rings (SSSR count). The normalized spacial score (nSPS) is 21.9. The minimum Gasteiger partial charge on any atom is -0.356 e. The molecule has 0 radical (unpaired) electrons. The van der Waals surface area contributed by atoms with Crippen LogP contribution in [-0.4, -0.2) is 31.9 Å². The molecule has 0 aromatic rings. The molecule has 0 unspecified atom stereocenters. The number of hydrogen-bond donors (Lipinski definition) is 1. The van der Waals surface area contributed by atoms with Gasteiger partial charge in [0.05, 0.1) is 11.0 Å². The molecule has 0 aliphatic heterocycles. The lowest BCUT2D eigenvalue weighted by Gasteiger charge is -2.12. The highest BCUT2D eigenvalue weighted by Gasteiger charge is 2.28. The van der Waals surface area contributed by atoms with Crippen molar-refractivity contribution in [2.45, 2.75) is 63.0 Å². The number of amides is 1. The molecule has 0 spiro atoms. The van der Waals surface area contributed by atoms with Gasteiger partial charge in [-0.3, -0.25) is 4.79 Å². The minimum atomic E-state index is -2.93. The lowest BCUT2D eigenvalue weighted by atomic mass is 10.1. The van der Waals surface area contributed by atoms with Crippen LogP contribution >= 0.6 is 0 Å². The van der Waals surface area contributed by atoms with Crippen LogP contribution in [0.3, 0.4) is 0 Å². The zero-order valence-electron chi connectivity index (χ0n) is 11.6. The van der Waals surface area contributed by atoms with Gasteiger partial charge in [0.15, 0.2) is 9.84 Å². The Kier molecular flexibility index (Phi) is 5.25. The van der Waals surface area contributed by atoms with Crippen LogP contribution in [0.4, 0.5) is 0 Å². The molecule has 0 atom stereocenters. The summed E-state index contributed by atoms with van der Waals surface area (Å²) in [4.78, 5) is 11.8. The van der Waals surface area contributed by atoms with Crippen molar-refractivity contribution < 1.29 is 13.2 Å².